The first-order valence-corrected chi connectivity index (χ1v) is 7.88. The summed E-state index contributed by atoms with van der Waals surface area (Å²) in [5.74, 6) is 1.67. The number of amides is 1. The number of pyridine rings is 1. The lowest BCUT2D eigenvalue weighted by Gasteiger charge is -2.26. The van der Waals surface area contributed by atoms with E-state index < -0.39 is 10.8 Å². The molecule has 5 nitrogen and oxygen atoms in total. The van der Waals surface area contributed by atoms with Crippen LogP contribution in [0, 0.1) is 0 Å². The zero-order chi connectivity index (χ0) is 14.0. The minimum atomic E-state index is -0.781. The van der Waals surface area contributed by atoms with Crippen LogP contribution in [0.3, 0.4) is 0 Å². The highest BCUT2D eigenvalue weighted by atomic mass is 32.2. The average molecular weight is 281 g/mol. The lowest BCUT2D eigenvalue weighted by Crippen LogP contribution is -2.41. The molecule has 6 heteroatoms. The number of carbonyl (C=O) groups excluding carboxylic acids is 1. The molecule has 0 aliphatic carbocycles. The van der Waals surface area contributed by atoms with Crippen molar-refractivity contribution in [3.63, 3.8) is 0 Å². The fourth-order valence-corrected chi connectivity index (χ4v) is 3.07. The van der Waals surface area contributed by atoms with Gasteiger partial charge in [-0.2, -0.15) is 0 Å². The fourth-order valence-electron chi connectivity index (χ4n) is 2.02. The molecule has 0 saturated carbocycles. The quantitative estimate of drug-likeness (QED) is 0.877. The van der Waals surface area contributed by atoms with Gasteiger partial charge in [0.15, 0.2) is 0 Å². The third kappa shape index (κ3) is 3.32. The molecule has 1 aromatic heterocycles. The van der Waals surface area contributed by atoms with E-state index in [0.717, 1.165) is 5.69 Å². The Balaban J connectivity index is 2.21. The first-order chi connectivity index (χ1) is 8.97. The SMILES string of the molecule is CC(C)c1cc(C(=O)N2CCS(=O)CC2)cc(N)n1. The first kappa shape index (κ1) is 14.0. The van der Waals surface area contributed by atoms with Gasteiger partial charge in [0.2, 0.25) is 0 Å². The van der Waals surface area contributed by atoms with Crippen molar-refractivity contribution in [2.45, 2.75) is 19.8 Å². The highest BCUT2D eigenvalue weighted by Gasteiger charge is 2.22. The fraction of sp³-hybridized carbons (Fsp3) is 0.538. The van der Waals surface area contributed by atoms with Gasteiger partial charge >= 0.3 is 0 Å². The molecule has 0 radical (unpaired) electrons. The Bertz CT molecular complexity index is 507. The summed E-state index contributed by atoms with van der Waals surface area (Å²) in [6.07, 6.45) is 0. The molecule has 2 heterocycles. The van der Waals surface area contributed by atoms with Gasteiger partial charge in [-0.05, 0) is 18.1 Å². The number of nitrogens with zero attached hydrogens (tertiary/aromatic N) is 2. The molecule has 1 aromatic rings. The third-order valence-corrected chi connectivity index (χ3v) is 4.44. The van der Waals surface area contributed by atoms with E-state index in [1.54, 1.807) is 17.0 Å². The van der Waals surface area contributed by atoms with Gasteiger partial charge in [-0.25, -0.2) is 4.98 Å². The molecular formula is C13H19N3O2S. The second-order valence-corrected chi connectivity index (χ2v) is 6.70. The number of anilines is 1. The second kappa shape index (κ2) is 5.69. The van der Waals surface area contributed by atoms with Crippen LogP contribution in [0.4, 0.5) is 5.82 Å². The van der Waals surface area contributed by atoms with Crippen molar-refractivity contribution in [2.75, 3.05) is 30.3 Å². The van der Waals surface area contributed by atoms with Crippen LogP contribution in [0.1, 0.15) is 35.8 Å². The van der Waals surface area contributed by atoms with Crippen LogP contribution in [-0.2, 0) is 10.8 Å². The van der Waals surface area contributed by atoms with Gasteiger partial charge in [0.05, 0.1) is 0 Å². The van der Waals surface area contributed by atoms with E-state index in [1.807, 2.05) is 13.8 Å². The molecule has 1 aliphatic rings. The van der Waals surface area contributed by atoms with E-state index in [9.17, 15) is 9.00 Å². The lowest BCUT2D eigenvalue weighted by atomic mass is 10.1. The van der Waals surface area contributed by atoms with E-state index in [-0.39, 0.29) is 11.8 Å². The predicted octanol–water partition coefficient (Wildman–Crippen LogP) is 0.992. The van der Waals surface area contributed by atoms with Gasteiger partial charge in [-0.1, -0.05) is 13.8 Å². The number of carbonyl (C=O) groups is 1. The van der Waals surface area contributed by atoms with Gasteiger partial charge in [0.1, 0.15) is 5.82 Å². The van der Waals surface area contributed by atoms with Gasteiger partial charge in [0, 0.05) is 46.7 Å². The minimum absolute atomic E-state index is 0.0484. The van der Waals surface area contributed by atoms with Crippen LogP contribution in [0.25, 0.3) is 0 Å². The summed E-state index contributed by atoms with van der Waals surface area (Å²) in [4.78, 5) is 18.3. The molecule has 1 saturated heterocycles. The summed E-state index contributed by atoms with van der Waals surface area (Å²) in [6.45, 7) is 5.12. The molecule has 2 rings (SSSR count). The van der Waals surface area contributed by atoms with Crippen molar-refractivity contribution in [3.8, 4) is 0 Å². The van der Waals surface area contributed by atoms with Crippen molar-refractivity contribution < 1.29 is 9.00 Å². The molecule has 2 N–H and O–H groups in total. The largest absolute Gasteiger partial charge is 0.384 e. The third-order valence-electron chi connectivity index (χ3n) is 3.17. The lowest BCUT2D eigenvalue weighted by molar-refractivity contribution is 0.0771. The van der Waals surface area contributed by atoms with Crippen molar-refractivity contribution in [1.82, 2.24) is 9.88 Å². The summed E-state index contributed by atoms with van der Waals surface area (Å²) in [6, 6.07) is 3.41. The van der Waals surface area contributed by atoms with Crippen molar-refractivity contribution in [1.29, 1.82) is 0 Å². The van der Waals surface area contributed by atoms with Crippen LogP contribution in [-0.4, -0.2) is 44.6 Å². The van der Waals surface area contributed by atoms with E-state index in [1.165, 1.54) is 0 Å². The molecule has 1 amide bonds. The number of hydrogen-bond acceptors (Lipinski definition) is 4. The molecular weight excluding hydrogens is 262 g/mol. The second-order valence-electron chi connectivity index (χ2n) is 5.00. The van der Waals surface area contributed by atoms with Crippen LogP contribution in [0.2, 0.25) is 0 Å². The Hall–Kier alpha value is -1.43. The Morgan fingerprint density at radius 3 is 2.58 bits per heavy atom. The zero-order valence-corrected chi connectivity index (χ0v) is 12.1. The molecule has 1 aliphatic heterocycles. The smallest absolute Gasteiger partial charge is 0.254 e. The van der Waals surface area contributed by atoms with Gasteiger partial charge in [0.25, 0.3) is 5.91 Å². The zero-order valence-electron chi connectivity index (χ0n) is 11.3. The molecule has 0 atom stereocenters. The Kier molecular flexibility index (Phi) is 4.19. The Labute approximate surface area is 115 Å². The van der Waals surface area contributed by atoms with Gasteiger partial charge in [-0.3, -0.25) is 9.00 Å². The van der Waals surface area contributed by atoms with Crippen molar-refractivity contribution in [3.05, 3.63) is 23.4 Å². The Morgan fingerprint density at radius 1 is 1.37 bits per heavy atom. The van der Waals surface area contributed by atoms with E-state index in [2.05, 4.69) is 4.98 Å². The van der Waals surface area contributed by atoms with Crippen molar-refractivity contribution in [2.24, 2.45) is 0 Å². The van der Waals surface area contributed by atoms with E-state index in [0.29, 0.717) is 36.0 Å². The maximum atomic E-state index is 12.4. The first-order valence-electron chi connectivity index (χ1n) is 6.39. The van der Waals surface area contributed by atoms with Crippen molar-refractivity contribution >= 4 is 22.5 Å². The molecule has 0 bridgehead atoms. The minimum Gasteiger partial charge on any atom is -0.384 e. The van der Waals surface area contributed by atoms with Crippen LogP contribution < -0.4 is 5.73 Å². The van der Waals surface area contributed by atoms with Crippen LogP contribution in [0.5, 0.6) is 0 Å². The summed E-state index contributed by atoms with van der Waals surface area (Å²) in [7, 11) is -0.781. The highest BCUT2D eigenvalue weighted by molar-refractivity contribution is 7.85. The van der Waals surface area contributed by atoms with E-state index in [4.69, 9.17) is 5.73 Å². The maximum absolute atomic E-state index is 12.4. The Morgan fingerprint density at radius 2 is 2.00 bits per heavy atom. The number of aromatic nitrogens is 1. The topological polar surface area (TPSA) is 76.3 Å². The summed E-state index contributed by atoms with van der Waals surface area (Å²) < 4.78 is 11.3. The highest BCUT2D eigenvalue weighted by Crippen LogP contribution is 2.18. The number of rotatable bonds is 2. The maximum Gasteiger partial charge on any atom is 0.254 e. The summed E-state index contributed by atoms with van der Waals surface area (Å²) >= 11 is 0. The van der Waals surface area contributed by atoms with E-state index >= 15 is 0 Å². The molecule has 104 valence electrons. The number of hydrogen-bond donors (Lipinski definition) is 1. The standard InChI is InChI=1S/C13H19N3O2S/c1-9(2)11-7-10(8-12(14)15-11)13(17)16-3-5-19(18)6-4-16/h7-9H,3-6H2,1-2H3,(H2,14,15). The summed E-state index contributed by atoms with van der Waals surface area (Å²) in [5.41, 5.74) is 7.15. The molecule has 19 heavy (non-hydrogen) atoms. The molecule has 0 spiro atoms. The van der Waals surface area contributed by atoms with Gasteiger partial charge in [-0.15, -0.1) is 0 Å². The molecule has 1 fully saturated rings. The molecule has 0 unspecified atom stereocenters. The van der Waals surface area contributed by atoms with Crippen LogP contribution >= 0.6 is 0 Å². The average Bonchev–Trinajstić information content (AvgIpc) is 2.38. The van der Waals surface area contributed by atoms with Crippen LogP contribution in [0.15, 0.2) is 12.1 Å². The monoisotopic (exact) mass is 281 g/mol. The molecule has 0 aromatic carbocycles. The predicted molar refractivity (Wildman–Crippen MR) is 76.5 cm³/mol. The normalized spacial score (nSPS) is 16.9. The number of nitrogen functional groups attached to an aromatic ring is 1. The van der Waals surface area contributed by atoms with Gasteiger partial charge < -0.3 is 10.6 Å². The summed E-state index contributed by atoms with van der Waals surface area (Å²) in [5, 5.41) is 0. The number of nitrogens with two attached hydrogens (primary N) is 1.